The van der Waals surface area contributed by atoms with Gasteiger partial charge in [-0.3, -0.25) is 10.1 Å². The summed E-state index contributed by atoms with van der Waals surface area (Å²) >= 11 is 0. The van der Waals surface area contributed by atoms with Gasteiger partial charge in [-0.2, -0.15) is 9.49 Å². The fraction of sp³-hybridized carbons (Fsp3) is 0.250. The van der Waals surface area contributed by atoms with Crippen LogP contribution in [0.5, 0.6) is 0 Å². The van der Waals surface area contributed by atoms with E-state index >= 15 is 0 Å². The van der Waals surface area contributed by atoms with Crippen molar-refractivity contribution in [3.8, 4) is 5.69 Å². The first-order chi connectivity index (χ1) is 9.52. The molecule has 0 saturated heterocycles. The van der Waals surface area contributed by atoms with Crippen LogP contribution in [0.2, 0.25) is 0 Å². The second-order valence-electron chi connectivity index (χ2n) is 4.04. The molecule has 0 amide bonds. The smallest absolute Gasteiger partial charge is 0.307 e. The molecule has 20 heavy (non-hydrogen) atoms. The molecule has 0 aliphatic carbocycles. The molecule has 6 nitrogen and oxygen atoms in total. The zero-order valence-electron chi connectivity index (χ0n) is 10.6. The maximum absolute atomic E-state index is 13.7. The fourth-order valence-electron chi connectivity index (χ4n) is 1.69. The van der Waals surface area contributed by atoms with Crippen molar-refractivity contribution in [1.82, 2.24) is 15.1 Å². The second-order valence-corrected chi connectivity index (χ2v) is 4.04. The summed E-state index contributed by atoms with van der Waals surface area (Å²) < 4.78 is 28.1. The summed E-state index contributed by atoms with van der Waals surface area (Å²) in [6.45, 7) is 3.18. The Morgan fingerprint density at radius 1 is 1.40 bits per heavy atom. The second kappa shape index (κ2) is 5.74. The summed E-state index contributed by atoms with van der Waals surface area (Å²) in [4.78, 5) is 9.77. The number of rotatable bonds is 5. The van der Waals surface area contributed by atoms with Crippen molar-refractivity contribution in [2.75, 3.05) is 6.54 Å². The highest BCUT2D eigenvalue weighted by atomic mass is 19.1. The lowest BCUT2D eigenvalue weighted by Crippen LogP contribution is -2.12. The standard InChI is InChI=1S/C12H12F2N4O2/c1-2-15-7-8-3-4-17(16-8)11-6-12(18(19)20)10(14)5-9(11)13/h3-6,15H,2,7H2,1H3. The van der Waals surface area contributed by atoms with Crippen LogP contribution in [0.3, 0.4) is 0 Å². The average Bonchev–Trinajstić information content (AvgIpc) is 2.84. The van der Waals surface area contributed by atoms with E-state index in [1.54, 1.807) is 6.07 Å². The molecule has 1 aromatic carbocycles. The number of aromatic nitrogens is 2. The first-order valence-electron chi connectivity index (χ1n) is 5.92. The molecule has 8 heteroatoms. The van der Waals surface area contributed by atoms with Crippen molar-refractivity contribution in [3.05, 3.63) is 51.8 Å². The first-order valence-corrected chi connectivity index (χ1v) is 5.92. The van der Waals surface area contributed by atoms with Crippen molar-refractivity contribution >= 4 is 5.69 Å². The summed E-state index contributed by atoms with van der Waals surface area (Å²) in [7, 11) is 0. The molecular formula is C12H12F2N4O2. The van der Waals surface area contributed by atoms with E-state index in [0.29, 0.717) is 18.3 Å². The maximum atomic E-state index is 13.7. The van der Waals surface area contributed by atoms with Gasteiger partial charge in [0.05, 0.1) is 10.6 Å². The maximum Gasteiger partial charge on any atom is 0.307 e. The summed E-state index contributed by atoms with van der Waals surface area (Å²) in [6.07, 6.45) is 1.46. The van der Waals surface area contributed by atoms with Gasteiger partial charge in [0.25, 0.3) is 0 Å². The Hall–Kier alpha value is -2.35. The van der Waals surface area contributed by atoms with Gasteiger partial charge in [0, 0.05) is 24.9 Å². The molecular weight excluding hydrogens is 270 g/mol. The van der Waals surface area contributed by atoms with Crippen LogP contribution in [0.4, 0.5) is 14.5 Å². The number of hydrogen-bond donors (Lipinski definition) is 1. The number of halogens is 2. The topological polar surface area (TPSA) is 73.0 Å². The highest BCUT2D eigenvalue weighted by molar-refractivity contribution is 5.45. The number of benzene rings is 1. The van der Waals surface area contributed by atoms with Gasteiger partial charge in [-0.15, -0.1) is 0 Å². The molecule has 0 spiro atoms. The molecule has 0 unspecified atom stereocenters. The predicted octanol–water partition coefficient (Wildman–Crippen LogP) is 2.17. The molecule has 0 aliphatic rings. The van der Waals surface area contributed by atoms with E-state index in [2.05, 4.69) is 10.4 Å². The number of nitrogens with one attached hydrogen (secondary N) is 1. The van der Waals surface area contributed by atoms with E-state index in [4.69, 9.17) is 0 Å². The van der Waals surface area contributed by atoms with Gasteiger partial charge in [0.1, 0.15) is 5.69 Å². The van der Waals surface area contributed by atoms with Crippen LogP contribution in [0.15, 0.2) is 24.4 Å². The van der Waals surface area contributed by atoms with E-state index in [0.717, 1.165) is 17.3 Å². The lowest BCUT2D eigenvalue weighted by molar-refractivity contribution is -0.387. The zero-order valence-corrected chi connectivity index (χ0v) is 10.6. The normalized spacial score (nSPS) is 10.8. The largest absolute Gasteiger partial charge is 0.311 e. The predicted molar refractivity (Wildman–Crippen MR) is 67.5 cm³/mol. The minimum absolute atomic E-state index is 0.166. The van der Waals surface area contributed by atoms with Crippen molar-refractivity contribution in [1.29, 1.82) is 0 Å². The van der Waals surface area contributed by atoms with Gasteiger partial charge in [0.15, 0.2) is 5.82 Å². The van der Waals surface area contributed by atoms with E-state index in [1.165, 1.54) is 6.20 Å². The van der Waals surface area contributed by atoms with E-state index < -0.39 is 22.2 Å². The van der Waals surface area contributed by atoms with Crippen molar-refractivity contribution in [3.63, 3.8) is 0 Å². The SMILES string of the molecule is CCNCc1ccn(-c2cc([N+](=O)[O-])c(F)cc2F)n1. The molecule has 2 aromatic rings. The van der Waals surface area contributed by atoms with Crippen LogP contribution in [0.25, 0.3) is 5.69 Å². The van der Waals surface area contributed by atoms with Crippen LogP contribution in [0.1, 0.15) is 12.6 Å². The Morgan fingerprint density at radius 2 is 2.15 bits per heavy atom. The van der Waals surface area contributed by atoms with Crippen LogP contribution in [-0.4, -0.2) is 21.2 Å². The third-order valence-electron chi connectivity index (χ3n) is 2.66. The molecule has 0 fully saturated rings. The third-order valence-corrected chi connectivity index (χ3v) is 2.66. The Morgan fingerprint density at radius 3 is 2.80 bits per heavy atom. The first kappa shape index (κ1) is 14.1. The Balaban J connectivity index is 2.39. The van der Waals surface area contributed by atoms with E-state index in [9.17, 15) is 18.9 Å². The quantitative estimate of drug-likeness (QED) is 0.673. The zero-order chi connectivity index (χ0) is 14.7. The number of nitrogens with zero attached hydrogens (tertiary/aromatic N) is 3. The average molecular weight is 282 g/mol. The third kappa shape index (κ3) is 2.80. The molecule has 0 radical (unpaired) electrons. The van der Waals surface area contributed by atoms with Gasteiger partial charge < -0.3 is 5.32 Å². The Labute approximate surface area is 113 Å². The molecule has 106 valence electrons. The van der Waals surface area contributed by atoms with Gasteiger partial charge in [-0.1, -0.05) is 6.92 Å². The van der Waals surface area contributed by atoms with Crippen LogP contribution < -0.4 is 5.32 Å². The van der Waals surface area contributed by atoms with E-state index in [-0.39, 0.29) is 5.69 Å². The minimum atomic E-state index is -1.21. The Bertz CT molecular complexity index is 642. The van der Waals surface area contributed by atoms with Crippen LogP contribution in [0, 0.1) is 21.7 Å². The van der Waals surface area contributed by atoms with Crippen molar-refractivity contribution in [2.24, 2.45) is 0 Å². The molecule has 1 aromatic heterocycles. The molecule has 0 atom stereocenters. The van der Waals surface area contributed by atoms with Crippen LogP contribution >= 0.6 is 0 Å². The summed E-state index contributed by atoms with van der Waals surface area (Å²) in [5.41, 5.74) is -0.302. The van der Waals surface area contributed by atoms with Crippen molar-refractivity contribution < 1.29 is 13.7 Å². The van der Waals surface area contributed by atoms with Gasteiger partial charge >= 0.3 is 5.69 Å². The lowest BCUT2D eigenvalue weighted by Gasteiger charge is -2.04. The summed E-state index contributed by atoms with van der Waals surface area (Å²) in [6, 6.07) is 2.96. The number of nitro benzene ring substituents is 1. The fourth-order valence-corrected chi connectivity index (χ4v) is 1.69. The molecule has 0 bridgehead atoms. The van der Waals surface area contributed by atoms with Gasteiger partial charge in [0.2, 0.25) is 5.82 Å². The highest BCUT2D eigenvalue weighted by Crippen LogP contribution is 2.23. The Kier molecular flexibility index (Phi) is 4.04. The summed E-state index contributed by atoms with van der Waals surface area (Å²) in [5.74, 6) is -2.12. The molecule has 0 saturated carbocycles. The van der Waals surface area contributed by atoms with Crippen LogP contribution in [-0.2, 0) is 6.54 Å². The monoisotopic (exact) mass is 282 g/mol. The minimum Gasteiger partial charge on any atom is -0.311 e. The molecule has 2 rings (SSSR count). The number of hydrogen-bond acceptors (Lipinski definition) is 4. The van der Waals surface area contributed by atoms with Gasteiger partial charge in [-0.25, -0.2) is 9.07 Å². The summed E-state index contributed by atoms with van der Waals surface area (Å²) in [5, 5.41) is 17.8. The van der Waals surface area contributed by atoms with Gasteiger partial charge in [-0.05, 0) is 12.6 Å². The molecule has 0 aliphatic heterocycles. The van der Waals surface area contributed by atoms with E-state index in [1.807, 2.05) is 6.92 Å². The lowest BCUT2D eigenvalue weighted by atomic mass is 10.2. The highest BCUT2D eigenvalue weighted by Gasteiger charge is 2.19. The number of nitro groups is 1. The molecule has 1 heterocycles. The van der Waals surface area contributed by atoms with Crippen molar-refractivity contribution in [2.45, 2.75) is 13.5 Å². The molecule has 1 N–H and O–H groups in total.